The number of H-pyrrole nitrogens is 1. The number of carbonyl (C=O) groups is 2. The van der Waals surface area contributed by atoms with Crippen LogP contribution in [0, 0.1) is 0 Å². The molecule has 21 nitrogen and oxygen atoms in total. The number of nitrogens with zero attached hydrogens (tertiary/aromatic N) is 3. The molecule has 6 atom stereocenters. The lowest BCUT2D eigenvalue weighted by Crippen LogP contribution is -2.31. The average molecular weight is 775 g/mol. The van der Waals surface area contributed by atoms with E-state index in [0.717, 1.165) is 0 Å². The summed E-state index contributed by atoms with van der Waals surface area (Å²) in [5, 5.41) is 2.38. The predicted octanol–water partition coefficient (Wildman–Crippen LogP) is 2.59. The van der Waals surface area contributed by atoms with Gasteiger partial charge in [0.05, 0.1) is 18.5 Å². The summed E-state index contributed by atoms with van der Waals surface area (Å²) in [5.74, 6) is -1.44. The number of amides is 1. The van der Waals surface area contributed by atoms with Crippen molar-refractivity contribution in [2.45, 2.75) is 44.0 Å². The third-order valence-electron chi connectivity index (χ3n) is 6.29. The maximum atomic E-state index is 13.6. The zero-order chi connectivity index (χ0) is 35.6. The molecule has 1 aliphatic heterocycles. The first-order chi connectivity index (χ1) is 22.3. The summed E-state index contributed by atoms with van der Waals surface area (Å²) in [5.41, 5.74) is 5.94. The van der Waals surface area contributed by atoms with Crippen molar-refractivity contribution in [2.24, 2.45) is 0 Å². The van der Waals surface area contributed by atoms with E-state index < -0.39 is 60.0 Å². The van der Waals surface area contributed by atoms with Crippen LogP contribution in [-0.2, 0) is 41.1 Å². The molecule has 1 saturated heterocycles. The second-order valence-electron chi connectivity index (χ2n) is 9.86. The van der Waals surface area contributed by atoms with E-state index in [1.807, 2.05) is 13.2 Å². The van der Waals surface area contributed by atoms with Crippen molar-refractivity contribution >= 4 is 79.7 Å². The number of phosphoric acid groups is 3. The molecule has 1 aromatic carbocycles. The number of nitrogens with two attached hydrogens (primary N) is 1. The lowest BCUT2D eigenvalue weighted by atomic mass is 10.0. The van der Waals surface area contributed by atoms with Gasteiger partial charge in [-0.2, -0.15) is 13.6 Å². The standard InChI is InChI=1S/C22H29N6O15P3S2/c1-10(48-47-3)14-6-12(25-11(2)29)4-5-13(14)21(31)41-15-7-17(28-9-24-18-19(28)26-22(23)27-20(18)30)40-16(15)8-39-45(35,36)43-46(37,38)42-44(32,33)34/h4-6,9-10,15-17H,7-8H2,1-3H3,(H,25,29)(H,35,36)(H,37,38)(H2,32,33,34)(H3,23,26,27,30)/t10?,15-,16?,17-/m1/s1. The van der Waals surface area contributed by atoms with Gasteiger partial charge in [-0.25, -0.2) is 23.5 Å². The zero-order valence-corrected chi connectivity index (χ0v) is 29.2. The van der Waals surface area contributed by atoms with E-state index in [1.54, 1.807) is 6.07 Å². The second kappa shape index (κ2) is 15.1. The van der Waals surface area contributed by atoms with Crippen LogP contribution in [-0.4, -0.2) is 76.0 Å². The Morgan fingerprint density at radius 3 is 2.56 bits per heavy atom. The number of nitrogen functional groups attached to an aromatic ring is 1. The van der Waals surface area contributed by atoms with Crippen LogP contribution in [0.15, 0.2) is 29.3 Å². The number of hydrogen-bond donors (Lipinski definition) is 7. The van der Waals surface area contributed by atoms with Gasteiger partial charge in [0.1, 0.15) is 18.4 Å². The minimum absolute atomic E-state index is 0.0152. The fourth-order valence-electron chi connectivity index (χ4n) is 4.53. The van der Waals surface area contributed by atoms with Gasteiger partial charge in [-0.05, 0) is 36.9 Å². The first-order valence-electron chi connectivity index (χ1n) is 13.3. The van der Waals surface area contributed by atoms with E-state index in [9.17, 15) is 37.9 Å². The van der Waals surface area contributed by atoms with Gasteiger partial charge in [0, 0.05) is 24.3 Å². The predicted molar refractivity (Wildman–Crippen MR) is 170 cm³/mol. The Morgan fingerprint density at radius 1 is 1.21 bits per heavy atom. The molecule has 1 fully saturated rings. The summed E-state index contributed by atoms with van der Waals surface area (Å²) in [4.78, 5) is 84.9. The number of rotatable bonds is 14. The van der Waals surface area contributed by atoms with Crippen molar-refractivity contribution in [3.63, 3.8) is 0 Å². The maximum Gasteiger partial charge on any atom is 0.490 e. The number of aromatic amines is 1. The summed E-state index contributed by atoms with van der Waals surface area (Å²) >= 11 is 0. The SMILES string of the molecule is CSSC(C)c1cc(NC(C)=O)ccc1C(=O)O[C@@H]1C[C@H](n2cnc3c(=O)[nH]c(N)nc32)OC1COP(=O)(O)OP(=O)(O)OP(=O)(O)O. The van der Waals surface area contributed by atoms with Crippen LogP contribution in [0.1, 0.15) is 47.7 Å². The van der Waals surface area contributed by atoms with Crippen LogP contribution in [0.25, 0.3) is 11.2 Å². The van der Waals surface area contributed by atoms with Gasteiger partial charge in [-0.3, -0.25) is 23.7 Å². The van der Waals surface area contributed by atoms with Gasteiger partial charge in [-0.1, -0.05) is 21.6 Å². The Kier molecular flexibility index (Phi) is 12.0. The summed E-state index contributed by atoms with van der Waals surface area (Å²) in [6.45, 7) is 2.20. The molecule has 48 heavy (non-hydrogen) atoms. The van der Waals surface area contributed by atoms with Gasteiger partial charge in [0.2, 0.25) is 11.9 Å². The lowest BCUT2D eigenvalue weighted by Gasteiger charge is -2.22. The number of aromatic nitrogens is 4. The Balaban J connectivity index is 1.63. The molecule has 26 heteroatoms. The van der Waals surface area contributed by atoms with Crippen LogP contribution in [0.3, 0.4) is 0 Å². The van der Waals surface area contributed by atoms with Crippen LogP contribution in [0.2, 0.25) is 0 Å². The minimum Gasteiger partial charge on any atom is -0.456 e. The summed E-state index contributed by atoms with van der Waals surface area (Å²) in [7, 11) is -14.2. The number of phosphoric ester groups is 1. The summed E-state index contributed by atoms with van der Waals surface area (Å²) < 4.78 is 60.4. The Hall–Kier alpha value is -2.62. The second-order valence-corrected chi connectivity index (χ2v) is 17.1. The largest absolute Gasteiger partial charge is 0.490 e. The number of fused-ring (bicyclic) bond motifs is 1. The van der Waals surface area contributed by atoms with Crippen molar-refractivity contribution in [1.82, 2.24) is 19.5 Å². The molecule has 1 amide bonds. The summed E-state index contributed by atoms with van der Waals surface area (Å²) in [6.07, 6.45) is -0.904. The molecule has 0 aliphatic carbocycles. The number of imidazole rings is 1. The average Bonchev–Trinajstić information content (AvgIpc) is 3.53. The topological polar surface area (TPSA) is 314 Å². The van der Waals surface area contributed by atoms with E-state index in [0.29, 0.717) is 11.3 Å². The monoisotopic (exact) mass is 774 g/mol. The normalized spacial score (nSPS) is 21.4. The molecule has 3 aromatic rings. The van der Waals surface area contributed by atoms with E-state index in [2.05, 4.69) is 28.9 Å². The van der Waals surface area contributed by atoms with Gasteiger partial charge in [-0.15, -0.1) is 0 Å². The number of hydrogen-bond acceptors (Lipinski definition) is 16. The lowest BCUT2D eigenvalue weighted by molar-refractivity contribution is -0.114. The van der Waals surface area contributed by atoms with Crippen LogP contribution >= 0.6 is 45.1 Å². The molecule has 3 heterocycles. The fraction of sp³-hybridized carbons (Fsp3) is 0.409. The van der Waals surface area contributed by atoms with E-state index >= 15 is 0 Å². The highest BCUT2D eigenvalue weighted by Crippen LogP contribution is 2.66. The van der Waals surface area contributed by atoms with Gasteiger partial charge < -0.3 is 40.1 Å². The van der Waals surface area contributed by atoms with E-state index in [4.69, 9.17) is 29.5 Å². The molecular weight excluding hydrogens is 745 g/mol. The Bertz CT molecular complexity index is 1900. The third-order valence-corrected chi connectivity index (χ3v) is 12.3. The van der Waals surface area contributed by atoms with Crippen molar-refractivity contribution in [2.75, 3.05) is 23.9 Å². The van der Waals surface area contributed by atoms with Crippen LogP contribution in [0.5, 0.6) is 0 Å². The highest BCUT2D eigenvalue weighted by atomic mass is 33.1. The van der Waals surface area contributed by atoms with Crippen molar-refractivity contribution in [3.05, 3.63) is 46.0 Å². The molecule has 0 saturated carbocycles. The minimum atomic E-state index is -5.82. The molecule has 0 radical (unpaired) electrons. The first-order valence-corrected chi connectivity index (χ1v) is 20.4. The van der Waals surface area contributed by atoms with Gasteiger partial charge in [0.25, 0.3) is 5.56 Å². The zero-order valence-electron chi connectivity index (χ0n) is 24.9. The number of carbonyl (C=O) groups excluding carboxylic acids is 2. The number of benzene rings is 1. The molecule has 1 aliphatic rings. The van der Waals surface area contributed by atoms with Crippen molar-refractivity contribution < 1.29 is 65.5 Å². The Labute approximate surface area is 278 Å². The highest BCUT2D eigenvalue weighted by Gasteiger charge is 2.44. The quantitative estimate of drug-likeness (QED) is 0.0703. The molecule has 8 N–H and O–H groups in total. The van der Waals surface area contributed by atoms with Crippen molar-refractivity contribution in [1.29, 1.82) is 0 Å². The van der Waals surface area contributed by atoms with E-state index in [-0.39, 0.29) is 40.3 Å². The number of nitrogens with one attached hydrogen (secondary N) is 2. The number of esters is 1. The van der Waals surface area contributed by atoms with Crippen molar-refractivity contribution in [3.8, 4) is 0 Å². The molecule has 0 spiro atoms. The Morgan fingerprint density at radius 2 is 1.92 bits per heavy atom. The van der Waals surface area contributed by atoms with E-state index in [1.165, 1.54) is 51.5 Å². The fourth-order valence-corrected chi connectivity index (χ4v) is 9.33. The third kappa shape index (κ3) is 9.97. The number of ether oxygens (including phenoxy) is 2. The first kappa shape index (κ1) is 38.2. The van der Waals surface area contributed by atoms with Crippen LogP contribution < -0.4 is 16.6 Å². The molecule has 4 rings (SSSR count). The molecular formula is C22H29N6O15P3S2. The highest BCUT2D eigenvalue weighted by molar-refractivity contribution is 8.76. The van der Waals surface area contributed by atoms with Gasteiger partial charge in [0.15, 0.2) is 11.2 Å². The smallest absolute Gasteiger partial charge is 0.456 e. The maximum absolute atomic E-state index is 13.6. The molecule has 0 bridgehead atoms. The molecule has 4 unspecified atom stereocenters. The van der Waals surface area contributed by atoms with Crippen LogP contribution in [0.4, 0.5) is 11.6 Å². The molecule has 2 aromatic heterocycles. The summed E-state index contributed by atoms with van der Waals surface area (Å²) in [6, 6.07) is 4.54. The molecule has 264 valence electrons. The van der Waals surface area contributed by atoms with Gasteiger partial charge >= 0.3 is 29.4 Å². The number of anilines is 2.